The van der Waals surface area contributed by atoms with Crippen molar-refractivity contribution in [2.24, 2.45) is 0 Å². The monoisotopic (exact) mass is 462 g/mol. The van der Waals surface area contributed by atoms with Gasteiger partial charge in [0.15, 0.2) is 6.10 Å². The predicted molar refractivity (Wildman–Crippen MR) is 127 cm³/mol. The number of hydrogen-bond acceptors (Lipinski definition) is 6. The minimum atomic E-state index is -3.85. The Balaban J connectivity index is 1.45. The number of nitrogens with zero attached hydrogens (tertiary/aromatic N) is 2. The number of amides is 1. The molecule has 0 saturated carbocycles. The molecule has 4 aromatic rings. The van der Waals surface area contributed by atoms with Gasteiger partial charge in [-0.3, -0.25) is 4.79 Å². The summed E-state index contributed by atoms with van der Waals surface area (Å²) in [4.78, 5) is 20.6. The molecule has 0 aliphatic heterocycles. The van der Waals surface area contributed by atoms with Gasteiger partial charge in [-0.1, -0.05) is 43.3 Å². The molecule has 1 aromatic heterocycles. The molecule has 0 aliphatic rings. The van der Waals surface area contributed by atoms with E-state index in [2.05, 4.69) is 20.0 Å². The summed E-state index contributed by atoms with van der Waals surface area (Å²) in [5.41, 5.74) is 0.454. The van der Waals surface area contributed by atoms with Crippen LogP contribution in [0.5, 0.6) is 5.75 Å². The number of benzene rings is 3. The summed E-state index contributed by atoms with van der Waals surface area (Å²) >= 11 is 0. The molecule has 1 amide bonds. The highest BCUT2D eigenvalue weighted by Gasteiger charge is 2.20. The molecule has 168 valence electrons. The van der Waals surface area contributed by atoms with Crippen molar-refractivity contribution in [1.29, 1.82) is 0 Å². The molecule has 0 radical (unpaired) electrons. The Morgan fingerprint density at radius 1 is 0.939 bits per heavy atom. The van der Waals surface area contributed by atoms with E-state index in [1.54, 1.807) is 6.07 Å². The molecule has 8 nitrogen and oxygen atoms in total. The number of carbonyl (C=O) groups is 1. The van der Waals surface area contributed by atoms with Crippen LogP contribution in [0.2, 0.25) is 0 Å². The molecule has 0 aliphatic carbocycles. The Bertz CT molecular complexity index is 1360. The quantitative estimate of drug-likeness (QED) is 0.406. The summed E-state index contributed by atoms with van der Waals surface area (Å²) in [6.45, 7) is 1.86. The first-order valence-corrected chi connectivity index (χ1v) is 11.8. The zero-order valence-electron chi connectivity index (χ0n) is 17.8. The molecule has 33 heavy (non-hydrogen) atoms. The second-order valence-electron chi connectivity index (χ2n) is 7.18. The van der Waals surface area contributed by atoms with Crippen LogP contribution in [0.4, 0.5) is 11.6 Å². The normalized spacial score (nSPS) is 12.2. The number of ether oxygens (including phenoxy) is 1. The number of aromatic nitrogens is 2. The molecule has 9 heteroatoms. The molecular formula is C24H22N4O4S. The van der Waals surface area contributed by atoms with Crippen LogP contribution in [0.15, 0.2) is 90.1 Å². The lowest BCUT2D eigenvalue weighted by atomic mass is 10.1. The van der Waals surface area contributed by atoms with Gasteiger partial charge in [0.25, 0.3) is 15.9 Å². The summed E-state index contributed by atoms with van der Waals surface area (Å²) < 4.78 is 33.3. The highest BCUT2D eigenvalue weighted by atomic mass is 32.2. The maximum Gasteiger partial charge on any atom is 0.265 e. The molecule has 0 bridgehead atoms. The summed E-state index contributed by atoms with van der Waals surface area (Å²) in [6, 6.07) is 20.9. The zero-order chi connectivity index (χ0) is 23.3. The van der Waals surface area contributed by atoms with E-state index in [1.165, 1.54) is 36.7 Å². The highest BCUT2D eigenvalue weighted by Crippen LogP contribution is 2.27. The first-order valence-electron chi connectivity index (χ1n) is 10.3. The van der Waals surface area contributed by atoms with Crippen LogP contribution in [-0.4, -0.2) is 30.4 Å². The van der Waals surface area contributed by atoms with Crippen LogP contribution in [-0.2, 0) is 14.8 Å². The van der Waals surface area contributed by atoms with E-state index >= 15 is 0 Å². The van der Waals surface area contributed by atoms with Crippen LogP contribution in [0.25, 0.3) is 10.8 Å². The smallest absolute Gasteiger partial charge is 0.265 e. The number of rotatable bonds is 8. The molecule has 4 rings (SSSR count). The molecular weight excluding hydrogens is 440 g/mol. The molecule has 1 heterocycles. The van der Waals surface area contributed by atoms with E-state index < -0.39 is 16.1 Å². The summed E-state index contributed by atoms with van der Waals surface area (Å²) in [5, 5.41) is 4.74. The maximum absolute atomic E-state index is 12.8. The number of carbonyl (C=O) groups excluding carboxylic acids is 1. The minimum absolute atomic E-state index is 0.0204. The largest absolute Gasteiger partial charge is 0.480 e. The van der Waals surface area contributed by atoms with Crippen molar-refractivity contribution in [3.8, 4) is 5.75 Å². The fourth-order valence-corrected chi connectivity index (χ4v) is 4.20. The number of sulfonamides is 1. The van der Waals surface area contributed by atoms with Gasteiger partial charge in [0, 0.05) is 23.5 Å². The van der Waals surface area contributed by atoms with E-state index in [9.17, 15) is 13.2 Å². The summed E-state index contributed by atoms with van der Waals surface area (Å²) in [7, 11) is -3.85. The van der Waals surface area contributed by atoms with Gasteiger partial charge < -0.3 is 10.1 Å². The standard InChI is InChI=1S/C24H22N4O4S/c1-2-21(32-22-10-5-8-17-7-3-4-9-20(17)22)23(29)27-18-11-13-19(14-12-18)33(30,31)28-24-25-15-6-16-26-24/h3-16,21H,2H2,1H3,(H,27,29)(H,25,26,28)/t21-/m1/s1. The SMILES string of the molecule is CC[C@@H](Oc1cccc2ccccc12)C(=O)Nc1ccc(S(=O)(=O)Nc2ncccn2)cc1. The maximum atomic E-state index is 12.8. The lowest BCUT2D eigenvalue weighted by Gasteiger charge is -2.18. The van der Waals surface area contributed by atoms with E-state index in [1.807, 2.05) is 49.4 Å². The Kier molecular flexibility index (Phi) is 6.50. The zero-order valence-corrected chi connectivity index (χ0v) is 18.6. The fourth-order valence-electron chi connectivity index (χ4n) is 3.25. The molecule has 0 saturated heterocycles. The third kappa shape index (κ3) is 5.27. The van der Waals surface area contributed by atoms with Gasteiger partial charge in [-0.25, -0.2) is 23.1 Å². The van der Waals surface area contributed by atoms with Crippen molar-refractivity contribution in [3.63, 3.8) is 0 Å². The first kappa shape index (κ1) is 22.2. The van der Waals surface area contributed by atoms with Crippen molar-refractivity contribution in [3.05, 3.63) is 85.2 Å². The Hall–Kier alpha value is -3.98. The molecule has 0 fully saturated rings. The third-order valence-corrected chi connectivity index (χ3v) is 6.25. The lowest BCUT2D eigenvalue weighted by molar-refractivity contribution is -0.122. The van der Waals surface area contributed by atoms with E-state index in [-0.39, 0.29) is 16.8 Å². The second kappa shape index (κ2) is 9.66. The van der Waals surface area contributed by atoms with E-state index in [0.29, 0.717) is 17.9 Å². The van der Waals surface area contributed by atoms with Crippen molar-refractivity contribution in [1.82, 2.24) is 9.97 Å². The van der Waals surface area contributed by atoms with Crippen LogP contribution < -0.4 is 14.8 Å². The van der Waals surface area contributed by atoms with Crippen LogP contribution >= 0.6 is 0 Å². The number of hydrogen-bond donors (Lipinski definition) is 2. The number of anilines is 2. The van der Waals surface area contributed by atoms with Crippen molar-refractivity contribution >= 4 is 38.3 Å². The van der Waals surface area contributed by atoms with Crippen LogP contribution in [0, 0.1) is 0 Å². The van der Waals surface area contributed by atoms with Gasteiger partial charge in [-0.2, -0.15) is 0 Å². The minimum Gasteiger partial charge on any atom is -0.480 e. The summed E-state index contributed by atoms with van der Waals surface area (Å²) in [5.74, 6) is 0.286. The Labute approximate surface area is 191 Å². The Morgan fingerprint density at radius 2 is 1.64 bits per heavy atom. The fraction of sp³-hybridized carbons (Fsp3) is 0.125. The average Bonchev–Trinajstić information content (AvgIpc) is 2.83. The third-order valence-electron chi connectivity index (χ3n) is 4.91. The van der Waals surface area contributed by atoms with E-state index in [0.717, 1.165) is 10.8 Å². The predicted octanol–water partition coefficient (Wildman–Crippen LogP) is 4.23. The molecule has 0 unspecified atom stereocenters. The Morgan fingerprint density at radius 3 is 2.36 bits per heavy atom. The molecule has 3 aromatic carbocycles. The summed E-state index contributed by atoms with van der Waals surface area (Å²) in [6.07, 6.45) is 2.63. The molecule has 1 atom stereocenters. The van der Waals surface area contributed by atoms with Crippen molar-refractivity contribution in [2.45, 2.75) is 24.3 Å². The first-order chi connectivity index (χ1) is 16.0. The molecule has 2 N–H and O–H groups in total. The van der Waals surface area contributed by atoms with Gasteiger partial charge >= 0.3 is 0 Å². The van der Waals surface area contributed by atoms with Gasteiger partial charge in [0.1, 0.15) is 5.75 Å². The van der Waals surface area contributed by atoms with Gasteiger partial charge in [0.05, 0.1) is 4.90 Å². The number of nitrogens with one attached hydrogen (secondary N) is 2. The van der Waals surface area contributed by atoms with E-state index in [4.69, 9.17) is 4.74 Å². The van der Waals surface area contributed by atoms with Crippen molar-refractivity contribution < 1.29 is 17.9 Å². The van der Waals surface area contributed by atoms with Gasteiger partial charge in [-0.15, -0.1) is 0 Å². The van der Waals surface area contributed by atoms with Gasteiger partial charge in [0.2, 0.25) is 5.95 Å². The van der Waals surface area contributed by atoms with Gasteiger partial charge in [-0.05, 0) is 48.2 Å². The van der Waals surface area contributed by atoms with Crippen LogP contribution in [0.3, 0.4) is 0 Å². The average molecular weight is 463 g/mol. The second-order valence-corrected chi connectivity index (χ2v) is 8.87. The van der Waals surface area contributed by atoms with Crippen LogP contribution in [0.1, 0.15) is 13.3 Å². The molecule has 0 spiro atoms. The highest BCUT2D eigenvalue weighted by molar-refractivity contribution is 7.92. The topological polar surface area (TPSA) is 110 Å². The number of fused-ring (bicyclic) bond motifs is 1. The van der Waals surface area contributed by atoms with Crippen molar-refractivity contribution in [2.75, 3.05) is 10.0 Å². The lowest BCUT2D eigenvalue weighted by Crippen LogP contribution is -2.32.